The number of methoxy groups -OCH3 is 1. The van der Waals surface area contributed by atoms with Crippen LogP contribution in [-0.4, -0.2) is 50.6 Å². The van der Waals surface area contributed by atoms with Gasteiger partial charge in [-0.1, -0.05) is 32.9 Å². The van der Waals surface area contributed by atoms with Crippen LogP contribution in [0.25, 0.3) is 0 Å². The highest BCUT2D eigenvalue weighted by Gasteiger charge is 2.38. The number of ether oxygens (including phenoxy) is 1. The van der Waals surface area contributed by atoms with Crippen LogP contribution in [-0.2, 0) is 20.2 Å². The Morgan fingerprint density at radius 3 is 2.54 bits per heavy atom. The molecule has 146 valence electrons. The molecule has 1 heterocycles. The van der Waals surface area contributed by atoms with E-state index in [2.05, 4.69) is 19.2 Å². The molecule has 1 atom stereocenters. The van der Waals surface area contributed by atoms with Crippen molar-refractivity contribution in [3.63, 3.8) is 0 Å². The first-order valence-electron chi connectivity index (χ1n) is 9.13. The smallest absolute Gasteiger partial charge is 0.238 e. The predicted molar refractivity (Wildman–Crippen MR) is 103 cm³/mol. The average molecular weight is 383 g/mol. The van der Waals surface area contributed by atoms with Gasteiger partial charge in [-0.25, -0.2) is 8.42 Å². The van der Waals surface area contributed by atoms with Crippen LogP contribution in [0.2, 0.25) is 0 Å². The SMILES string of the molecule is CCCS(=O)(=O)N1CCCC1C(=O)NCC(C)(C)c1ccc(OC)cc1. The molecule has 0 aliphatic carbocycles. The quantitative estimate of drug-likeness (QED) is 0.748. The zero-order valence-electron chi connectivity index (χ0n) is 16.1. The van der Waals surface area contributed by atoms with Crippen LogP contribution in [0, 0.1) is 0 Å². The minimum Gasteiger partial charge on any atom is -0.497 e. The van der Waals surface area contributed by atoms with Gasteiger partial charge in [0.2, 0.25) is 15.9 Å². The molecule has 6 nitrogen and oxygen atoms in total. The van der Waals surface area contributed by atoms with Crippen molar-refractivity contribution < 1.29 is 17.9 Å². The summed E-state index contributed by atoms with van der Waals surface area (Å²) in [7, 11) is -1.73. The molecule has 0 bridgehead atoms. The van der Waals surface area contributed by atoms with Crippen molar-refractivity contribution in [2.75, 3.05) is 26.0 Å². The second-order valence-electron chi connectivity index (χ2n) is 7.41. The van der Waals surface area contributed by atoms with Crippen molar-refractivity contribution in [3.8, 4) is 5.75 Å². The maximum atomic E-state index is 12.6. The summed E-state index contributed by atoms with van der Waals surface area (Å²) in [5.74, 6) is 0.675. The minimum atomic E-state index is -3.36. The van der Waals surface area contributed by atoms with Gasteiger partial charge >= 0.3 is 0 Å². The molecular formula is C19H30N2O4S. The Morgan fingerprint density at radius 1 is 1.31 bits per heavy atom. The lowest BCUT2D eigenvalue weighted by atomic mass is 9.84. The molecule has 26 heavy (non-hydrogen) atoms. The highest BCUT2D eigenvalue weighted by molar-refractivity contribution is 7.89. The molecule has 0 radical (unpaired) electrons. The standard InChI is InChI=1S/C19H30N2O4S/c1-5-13-26(23,24)21-12-6-7-17(21)18(22)20-14-19(2,3)15-8-10-16(25-4)11-9-15/h8-11,17H,5-7,12-14H2,1-4H3,(H,20,22). The zero-order chi connectivity index (χ0) is 19.4. The molecular weight excluding hydrogens is 352 g/mol. The third-order valence-electron chi connectivity index (χ3n) is 4.90. The van der Waals surface area contributed by atoms with Gasteiger partial charge < -0.3 is 10.1 Å². The van der Waals surface area contributed by atoms with E-state index in [0.717, 1.165) is 17.7 Å². The van der Waals surface area contributed by atoms with Crippen molar-refractivity contribution in [3.05, 3.63) is 29.8 Å². The Balaban J connectivity index is 2.02. The molecule has 1 amide bonds. The lowest BCUT2D eigenvalue weighted by Gasteiger charge is -2.28. The van der Waals surface area contributed by atoms with Crippen molar-refractivity contribution in [2.45, 2.75) is 51.5 Å². The number of benzene rings is 1. The molecule has 1 aromatic carbocycles. The van der Waals surface area contributed by atoms with Crippen LogP contribution in [0.5, 0.6) is 5.75 Å². The van der Waals surface area contributed by atoms with E-state index >= 15 is 0 Å². The largest absolute Gasteiger partial charge is 0.497 e. The molecule has 1 N–H and O–H groups in total. The topological polar surface area (TPSA) is 75.7 Å². The lowest BCUT2D eigenvalue weighted by molar-refractivity contribution is -0.124. The fourth-order valence-corrected chi connectivity index (χ4v) is 5.03. The van der Waals surface area contributed by atoms with E-state index in [-0.39, 0.29) is 17.1 Å². The summed E-state index contributed by atoms with van der Waals surface area (Å²) in [5.41, 5.74) is 0.814. The molecule has 2 rings (SSSR count). The van der Waals surface area contributed by atoms with E-state index in [9.17, 15) is 13.2 Å². The van der Waals surface area contributed by atoms with Gasteiger partial charge in [0, 0.05) is 18.5 Å². The minimum absolute atomic E-state index is 0.0914. The van der Waals surface area contributed by atoms with Crippen molar-refractivity contribution >= 4 is 15.9 Å². The van der Waals surface area contributed by atoms with Crippen LogP contribution in [0.3, 0.4) is 0 Å². The Bertz CT molecular complexity index is 714. The molecule has 0 aromatic heterocycles. The van der Waals surface area contributed by atoms with Gasteiger partial charge in [-0.05, 0) is 37.0 Å². The molecule has 1 aliphatic heterocycles. The Hall–Kier alpha value is -1.60. The third kappa shape index (κ3) is 4.76. The van der Waals surface area contributed by atoms with Crippen LogP contribution in [0.4, 0.5) is 0 Å². The van der Waals surface area contributed by atoms with Crippen molar-refractivity contribution in [1.82, 2.24) is 9.62 Å². The number of amides is 1. The number of hydrogen-bond donors (Lipinski definition) is 1. The number of nitrogens with one attached hydrogen (secondary N) is 1. The fraction of sp³-hybridized carbons (Fsp3) is 0.632. The highest BCUT2D eigenvalue weighted by atomic mass is 32.2. The Morgan fingerprint density at radius 2 is 1.96 bits per heavy atom. The number of hydrogen-bond acceptors (Lipinski definition) is 4. The van der Waals surface area contributed by atoms with Crippen LogP contribution in [0.15, 0.2) is 24.3 Å². The summed E-state index contributed by atoms with van der Waals surface area (Å²) in [6, 6.07) is 7.18. The van der Waals surface area contributed by atoms with Gasteiger partial charge in [-0.3, -0.25) is 4.79 Å². The van der Waals surface area contributed by atoms with Crippen LogP contribution < -0.4 is 10.1 Å². The Labute approximate surface area is 157 Å². The maximum absolute atomic E-state index is 12.6. The summed E-state index contributed by atoms with van der Waals surface area (Å²) in [6.07, 6.45) is 1.86. The van der Waals surface area contributed by atoms with E-state index in [1.807, 2.05) is 31.2 Å². The van der Waals surface area contributed by atoms with Gasteiger partial charge in [-0.15, -0.1) is 0 Å². The monoisotopic (exact) mass is 382 g/mol. The third-order valence-corrected chi connectivity index (χ3v) is 6.98. The van der Waals surface area contributed by atoms with E-state index in [4.69, 9.17) is 4.74 Å². The van der Waals surface area contributed by atoms with Gasteiger partial charge in [0.1, 0.15) is 11.8 Å². The molecule has 1 unspecified atom stereocenters. The zero-order valence-corrected chi connectivity index (χ0v) is 16.9. The molecule has 7 heteroatoms. The van der Waals surface area contributed by atoms with Gasteiger partial charge in [0.15, 0.2) is 0 Å². The van der Waals surface area contributed by atoms with Crippen LogP contribution in [0.1, 0.15) is 45.6 Å². The van der Waals surface area contributed by atoms with Gasteiger partial charge in [0.05, 0.1) is 12.9 Å². The molecule has 1 fully saturated rings. The van der Waals surface area contributed by atoms with Crippen LogP contribution >= 0.6 is 0 Å². The predicted octanol–water partition coefficient (Wildman–Crippen LogP) is 2.29. The molecule has 1 aromatic rings. The summed E-state index contributed by atoms with van der Waals surface area (Å²) in [5, 5.41) is 2.96. The van der Waals surface area contributed by atoms with E-state index in [1.54, 1.807) is 7.11 Å². The number of rotatable bonds is 8. The number of carbonyl (C=O) groups excluding carboxylic acids is 1. The first-order valence-corrected chi connectivity index (χ1v) is 10.7. The highest BCUT2D eigenvalue weighted by Crippen LogP contribution is 2.26. The van der Waals surface area contributed by atoms with E-state index < -0.39 is 16.1 Å². The van der Waals surface area contributed by atoms with Crippen molar-refractivity contribution in [2.24, 2.45) is 0 Å². The first-order chi connectivity index (χ1) is 12.2. The van der Waals surface area contributed by atoms with E-state index in [0.29, 0.717) is 25.9 Å². The average Bonchev–Trinajstić information content (AvgIpc) is 3.10. The van der Waals surface area contributed by atoms with Crippen molar-refractivity contribution in [1.29, 1.82) is 0 Å². The summed E-state index contributed by atoms with van der Waals surface area (Å²) in [4.78, 5) is 12.6. The molecule has 0 spiro atoms. The summed E-state index contributed by atoms with van der Waals surface area (Å²) in [6.45, 7) is 6.81. The Kier molecular flexibility index (Phi) is 6.69. The second kappa shape index (κ2) is 8.39. The number of sulfonamides is 1. The second-order valence-corrected chi connectivity index (χ2v) is 9.46. The molecule has 1 saturated heterocycles. The molecule has 0 saturated carbocycles. The first kappa shape index (κ1) is 20.7. The summed E-state index contributed by atoms with van der Waals surface area (Å²) >= 11 is 0. The van der Waals surface area contributed by atoms with Gasteiger partial charge in [-0.2, -0.15) is 4.31 Å². The normalized spacial score (nSPS) is 18.7. The lowest BCUT2D eigenvalue weighted by Crippen LogP contribution is -2.48. The maximum Gasteiger partial charge on any atom is 0.238 e. The van der Waals surface area contributed by atoms with E-state index in [1.165, 1.54) is 4.31 Å². The fourth-order valence-electron chi connectivity index (χ4n) is 3.28. The number of nitrogens with zero attached hydrogens (tertiary/aromatic N) is 1. The number of carbonyl (C=O) groups is 1. The molecule has 1 aliphatic rings. The van der Waals surface area contributed by atoms with Gasteiger partial charge in [0.25, 0.3) is 0 Å². The summed E-state index contributed by atoms with van der Waals surface area (Å²) < 4.78 is 31.3.